The predicted molar refractivity (Wildman–Crippen MR) is 117 cm³/mol. The van der Waals surface area contributed by atoms with Crippen molar-refractivity contribution in [3.05, 3.63) is 16.0 Å². The van der Waals surface area contributed by atoms with Gasteiger partial charge in [-0.15, -0.1) is 11.3 Å². The smallest absolute Gasteiger partial charge is 0.341 e. The Hall–Kier alpha value is -1.73. The summed E-state index contributed by atoms with van der Waals surface area (Å²) in [5, 5.41) is 0.488. The standard InChI is InChI=1S/C24H31NO5S/c1-5-24(3,4)12-7-8-13-16(11-12)31-22(17(13)23(28)29-6-2)25-20(26)18-14-9-10-15(30-14)19(18)21(25)27/h12,14-15,18-19H,5-11H2,1-4H3/t12-,14-,15+,18+,19-/m0/s1. The zero-order valence-electron chi connectivity index (χ0n) is 18.7. The topological polar surface area (TPSA) is 72.9 Å². The molecule has 4 heterocycles. The highest BCUT2D eigenvalue weighted by atomic mass is 32.1. The molecule has 5 rings (SSSR count). The number of hydrogen-bond donors (Lipinski definition) is 0. The van der Waals surface area contributed by atoms with Crippen molar-refractivity contribution in [1.82, 2.24) is 0 Å². The van der Waals surface area contributed by atoms with E-state index in [-0.39, 0.29) is 36.0 Å². The maximum atomic E-state index is 13.4. The third kappa shape index (κ3) is 3.03. The minimum atomic E-state index is -0.417. The van der Waals surface area contributed by atoms with Crippen LogP contribution in [0.5, 0.6) is 0 Å². The number of carbonyl (C=O) groups is 3. The highest BCUT2D eigenvalue weighted by Gasteiger charge is 2.63. The third-order valence-corrected chi connectivity index (χ3v) is 9.47. The van der Waals surface area contributed by atoms with Crippen LogP contribution < -0.4 is 4.90 Å². The number of rotatable bonds is 5. The van der Waals surface area contributed by atoms with Crippen LogP contribution in [0.15, 0.2) is 0 Å². The number of amides is 2. The molecule has 31 heavy (non-hydrogen) atoms. The zero-order chi connectivity index (χ0) is 22.1. The number of ether oxygens (including phenoxy) is 2. The fourth-order valence-electron chi connectivity index (χ4n) is 6.01. The molecule has 1 aromatic heterocycles. The first-order valence-corrected chi connectivity index (χ1v) is 12.4. The summed E-state index contributed by atoms with van der Waals surface area (Å²) in [6.45, 7) is 8.86. The molecule has 4 aliphatic rings. The van der Waals surface area contributed by atoms with Crippen LogP contribution in [0.2, 0.25) is 0 Å². The number of imide groups is 1. The van der Waals surface area contributed by atoms with Crippen molar-refractivity contribution in [2.75, 3.05) is 11.5 Å². The van der Waals surface area contributed by atoms with Crippen LogP contribution in [-0.2, 0) is 31.9 Å². The van der Waals surface area contributed by atoms with Gasteiger partial charge in [-0.05, 0) is 55.9 Å². The van der Waals surface area contributed by atoms with Gasteiger partial charge in [-0.3, -0.25) is 9.59 Å². The maximum absolute atomic E-state index is 13.4. The third-order valence-electron chi connectivity index (χ3n) is 8.23. The van der Waals surface area contributed by atoms with Gasteiger partial charge >= 0.3 is 5.97 Å². The van der Waals surface area contributed by atoms with Gasteiger partial charge in [0.25, 0.3) is 0 Å². The molecule has 3 saturated heterocycles. The molecule has 3 fully saturated rings. The van der Waals surface area contributed by atoms with E-state index in [1.165, 1.54) is 16.2 Å². The van der Waals surface area contributed by atoms with Crippen LogP contribution in [0.4, 0.5) is 5.00 Å². The Morgan fingerprint density at radius 1 is 1.13 bits per heavy atom. The van der Waals surface area contributed by atoms with Gasteiger partial charge in [-0.1, -0.05) is 27.2 Å². The molecule has 0 N–H and O–H groups in total. The van der Waals surface area contributed by atoms with E-state index in [1.54, 1.807) is 6.92 Å². The molecule has 2 bridgehead atoms. The van der Waals surface area contributed by atoms with Crippen molar-refractivity contribution >= 4 is 34.1 Å². The molecule has 5 atom stereocenters. The molecule has 7 heteroatoms. The number of fused-ring (bicyclic) bond motifs is 6. The number of esters is 1. The molecular weight excluding hydrogens is 414 g/mol. The second-order valence-electron chi connectivity index (χ2n) is 10.0. The van der Waals surface area contributed by atoms with Gasteiger partial charge in [0.1, 0.15) is 5.00 Å². The molecule has 0 spiro atoms. The minimum Gasteiger partial charge on any atom is -0.462 e. The normalized spacial score (nSPS) is 31.9. The summed E-state index contributed by atoms with van der Waals surface area (Å²) >= 11 is 1.46. The van der Waals surface area contributed by atoms with E-state index in [0.717, 1.165) is 49.0 Å². The van der Waals surface area contributed by atoms with Gasteiger partial charge in [-0.2, -0.15) is 0 Å². The van der Waals surface area contributed by atoms with Crippen molar-refractivity contribution in [1.29, 1.82) is 0 Å². The molecule has 0 radical (unpaired) electrons. The second kappa shape index (κ2) is 7.41. The van der Waals surface area contributed by atoms with Crippen LogP contribution in [-0.4, -0.2) is 36.6 Å². The predicted octanol–water partition coefficient (Wildman–Crippen LogP) is 4.13. The second-order valence-corrected chi connectivity index (χ2v) is 11.1. The Morgan fingerprint density at radius 3 is 2.35 bits per heavy atom. The lowest BCUT2D eigenvalue weighted by molar-refractivity contribution is -0.124. The summed E-state index contributed by atoms with van der Waals surface area (Å²) in [6, 6.07) is 0. The van der Waals surface area contributed by atoms with E-state index in [2.05, 4.69) is 20.8 Å². The van der Waals surface area contributed by atoms with E-state index in [9.17, 15) is 14.4 Å². The Labute approximate surface area is 187 Å². The fraction of sp³-hybridized carbons (Fsp3) is 0.708. The van der Waals surface area contributed by atoms with Crippen LogP contribution in [0.3, 0.4) is 0 Å². The molecule has 1 aliphatic carbocycles. The monoisotopic (exact) mass is 445 g/mol. The van der Waals surface area contributed by atoms with Gasteiger partial charge < -0.3 is 9.47 Å². The van der Waals surface area contributed by atoms with Gasteiger partial charge in [-0.25, -0.2) is 9.69 Å². The molecule has 2 amide bonds. The van der Waals surface area contributed by atoms with E-state index >= 15 is 0 Å². The number of nitrogens with zero attached hydrogens (tertiary/aromatic N) is 1. The van der Waals surface area contributed by atoms with Crippen molar-refractivity contribution in [2.24, 2.45) is 23.2 Å². The molecule has 1 aromatic rings. The highest BCUT2D eigenvalue weighted by Crippen LogP contribution is 2.53. The zero-order valence-corrected chi connectivity index (χ0v) is 19.5. The average molecular weight is 446 g/mol. The molecule has 168 valence electrons. The van der Waals surface area contributed by atoms with Crippen molar-refractivity contribution in [3.63, 3.8) is 0 Å². The van der Waals surface area contributed by atoms with E-state index < -0.39 is 17.8 Å². The average Bonchev–Trinajstić information content (AvgIpc) is 3.49. The lowest BCUT2D eigenvalue weighted by Gasteiger charge is -2.36. The maximum Gasteiger partial charge on any atom is 0.341 e. The summed E-state index contributed by atoms with van der Waals surface area (Å²) in [5.41, 5.74) is 1.64. The summed E-state index contributed by atoms with van der Waals surface area (Å²) in [7, 11) is 0. The van der Waals surface area contributed by atoms with Crippen LogP contribution in [0.1, 0.15) is 74.2 Å². The number of thiophene rings is 1. The molecule has 3 aliphatic heterocycles. The molecular formula is C24H31NO5S. The van der Waals surface area contributed by atoms with E-state index in [4.69, 9.17) is 9.47 Å². The Balaban J connectivity index is 1.56. The lowest BCUT2D eigenvalue weighted by Crippen LogP contribution is -2.34. The first-order chi connectivity index (χ1) is 14.8. The summed E-state index contributed by atoms with van der Waals surface area (Å²) in [6.07, 6.45) is 5.10. The number of hydrogen-bond acceptors (Lipinski definition) is 6. The highest BCUT2D eigenvalue weighted by molar-refractivity contribution is 7.17. The molecule has 0 unspecified atom stereocenters. The largest absolute Gasteiger partial charge is 0.462 e. The summed E-state index contributed by atoms with van der Waals surface area (Å²) in [4.78, 5) is 42.2. The summed E-state index contributed by atoms with van der Waals surface area (Å²) < 4.78 is 11.2. The first kappa shape index (κ1) is 21.1. The number of anilines is 1. The van der Waals surface area contributed by atoms with Gasteiger partial charge in [0.2, 0.25) is 11.8 Å². The van der Waals surface area contributed by atoms with Gasteiger partial charge in [0.15, 0.2) is 0 Å². The van der Waals surface area contributed by atoms with Crippen LogP contribution in [0, 0.1) is 23.2 Å². The lowest BCUT2D eigenvalue weighted by atomic mass is 9.69. The van der Waals surface area contributed by atoms with Crippen LogP contribution in [0.25, 0.3) is 0 Å². The SMILES string of the molecule is CCOC(=O)c1c(N2C(=O)[C@@H]3[C@H](C2=O)[C@@H]2CC[C@H]3O2)sc2c1CC[C@H](C(C)(C)CC)C2. The quantitative estimate of drug-likeness (QED) is 0.503. The minimum absolute atomic E-state index is 0.160. The van der Waals surface area contributed by atoms with Crippen molar-refractivity contribution < 1.29 is 23.9 Å². The summed E-state index contributed by atoms with van der Waals surface area (Å²) in [5.74, 6) is -1.09. The molecule has 0 saturated carbocycles. The van der Waals surface area contributed by atoms with Gasteiger partial charge in [0.05, 0.1) is 36.2 Å². The fourth-order valence-corrected chi connectivity index (χ4v) is 7.44. The van der Waals surface area contributed by atoms with E-state index in [0.29, 0.717) is 16.5 Å². The number of carbonyl (C=O) groups excluding carboxylic acids is 3. The van der Waals surface area contributed by atoms with Crippen molar-refractivity contribution in [2.45, 2.75) is 78.4 Å². The Morgan fingerprint density at radius 2 is 1.77 bits per heavy atom. The van der Waals surface area contributed by atoms with Gasteiger partial charge in [0, 0.05) is 4.88 Å². The van der Waals surface area contributed by atoms with E-state index in [1.807, 2.05) is 0 Å². The Bertz CT molecular complexity index is 922. The Kier molecular flexibility index (Phi) is 5.05. The van der Waals surface area contributed by atoms with Crippen molar-refractivity contribution in [3.8, 4) is 0 Å². The van der Waals surface area contributed by atoms with Crippen LogP contribution >= 0.6 is 11.3 Å². The molecule has 6 nitrogen and oxygen atoms in total. The first-order valence-electron chi connectivity index (χ1n) is 11.6. The molecule has 0 aromatic carbocycles.